The number of nitrogens with two attached hydrogens (primary N) is 1. The number of aldehydes is 1. The standard InChI is InChI=1S/C2H7NO4P/c3-2(1-4)8(5,6)7/h1-2,5-7H,3H2/q+1. The Morgan fingerprint density at radius 3 is 1.88 bits per heavy atom. The predicted molar refractivity (Wildman–Crippen MR) is 27.6 cm³/mol. The molecule has 0 aliphatic heterocycles. The molecule has 5 N–H and O–H groups in total. The van der Waals surface area contributed by atoms with Crippen LogP contribution >= 0.6 is 7.94 Å². The average molecular weight is 140 g/mol. The lowest BCUT2D eigenvalue weighted by atomic mass is 10.8. The zero-order valence-corrected chi connectivity index (χ0v) is 4.82. The summed E-state index contributed by atoms with van der Waals surface area (Å²) in [6.07, 6.45) is 0.0772. The van der Waals surface area contributed by atoms with E-state index >= 15 is 0 Å². The molecule has 5 nitrogen and oxygen atoms in total. The van der Waals surface area contributed by atoms with Crippen molar-refractivity contribution < 1.29 is 19.5 Å². The number of carbonyl (C=O) groups excluding carboxylic acids is 1. The summed E-state index contributed by atoms with van der Waals surface area (Å²) in [5, 5.41) is 0. The lowest BCUT2D eigenvalue weighted by Gasteiger charge is -2.03. The van der Waals surface area contributed by atoms with Crippen LogP contribution in [0.3, 0.4) is 0 Å². The molecule has 6 heteroatoms. The third-order valence-corrected chi connectivity index (χ3v) is 1.46. The highest BCUT2D eigenvalue weighted by atomic mass is 31.2. The summed E-state index contributed by atoms with van der Waals surface area (Å²) in [4.78, 5) is 34.0. The van der Waals surface area contributed by atoms with Crippen LogP contribution in [-0.2, 0) is 4.79 Å². The minimum atomic E-state index is -4.10. The molecular weight excluding hydrogens is 133 g/mol. The predicted octanol–water partition coefficient (Wildman–Crippen LogP) is -1.79. The second kappa shape index (κ2) is 2.48. The summed E-state index contributed by atoms with van der Waals surface area (Å²) in [7, 11) is -4.10. The third kappa shape index (κ3) is 2.30. The van der Waals surface area contributed by atoms with Crippen LogP contribution in [0.4, 0.5) is 0 Å². The topological polar surface area (TPSA) is 104 Å². The zero-order valence-electron chi connectivity index (χ0n) is 3.93. The molecule has 0 spiro atoms. The largest absolute Gasteiger partial charge is 0.429 e. The summed E-state index contributed by atoms with van der Waals surface area (Å²) in [6.45, 7) is 0. The van der Waals surface area contributed by atoms with Gasteiger partial charge in [-0.05, 0) is 0 Å². The van der Waals surface area contributed by atoms with Gasteiger partial charge >= 0.3 is 7.94 Å². The molecule has 1 unspecified atom stereocenters. The molecule has 8 heavy (non-hydrogen) atoms. The van der Waals surface area contributed by atoms with Crippen LogP contribution in [0.15, 0.2) is 0 Å². The van der Waals surface area contributed by atoms with Crippen LogP contribution in [-0.4, -0.2) is 26.7 Å². The highest BCUT2D eigenvalue weighted by Crippen LogP contribution is 2.46. The Kier molecular flexibility index (Phi) is 2.46. The van der Waals surface area contributed by atoms with Crippen molar-refractivity contribution in [2.45, 2.75) is 5.78 Å². The molecule has 48 valence electrons. The summed E-state index contributed by atoms with van der Waals surface area (Å²) in [5.74, 6) is -1.55. The minimum absolute atomic E-state index is 0.0772. The molecule has 0 fully saturated rings. The van der Waals surface area contributed by atoms with Crippen molar-refractivity contribution >= 4 is 14.2 Å². The normalized spacial score (nSPS) is 15.5. The molecule has 0 aromatic heterocycles. The molecule has 0 amide bonds. The Bertz CT molecular complexity index is 88.5. The zero-order chi connectivity index (χ0) is 6.78. The van der Waals surface area contributed by atoms with Gasteiger partial charge in [-0.2, -0.15) is 14.7 Å². The van der Waals surface area contributed by atoms with Gasteiger partial charge < -0.3 is 0 Å². The summed E-state index contributed by atoms with van der Waals surface area (Å²) < 4.78 is 0. The summed E-state index contributed by atoms with van der Waals surface area (Å²) in [5.41, 5.74) is 4.68. The SMILES string of the molecule is NC(C=O)[P+](O)(O)O. The van der Waals surface area contributed by atoms with E-state index < -0.39 is 13.7 Å². The molecule has 0 saturated carbocycles. The van der Waals surface area contributed by atoms with Crippen molar-refractivity contribution in [2.24, 2.45) is 5.73 Å². The lowest BCUT2D eigenvalue weighted by molar-refractivity contribution is -0.107. The van der Waals surface area contributed by atoms with E-state index in [1.165, 1.54) is 0 Å². The van der Waals surface area contributed by atoms with Crippen LogP contribution in [0, 0.1) is 0 Å². The van der Waals surface area contributed by atoms with Gasteiger partial charge in [0, 0.05) is 0 Å². The first kappa shape index (κ1) is 7.94. The highest BCUT2D eigenvalue weighted by molar-refractivity contribution is 7.60. The van der Waals surface area contributed by atoms with Crippen molar-refractivity contribution in [1.29, 1.82) is 0 Å². The van der Waals surface area contributed by atoms with E-state index in [0.29, 0.717) is 0 Å². The molecule has 0 heterocycles. The maximum absolute atomic E-state index is 9.57. The second-order valence-electron chi connectivity index (χ2n) is 1.24. The van der Waals surface area contributed by atoms with E-state index in [4.69, 9.17) is 14.7 Å². The van der Waals surface area contributed by atoms with Crippen molar-refractivity contribution in [3.63, 3.8) is 0 Å². The number of hydrogen-bond donors (Lipinski definition) is 4. The monoisotopic (exact) mass is 140 g/mol. The average Bonchev–Trinajstić information content (AvgIpc) is 1.62. The molecule has 0 aliphatic rings. The molecule has 0 radical (unpaired) electrons. The van der Waals surface area contributed by atoms with E-state index in [1.807, 2.05) is 0 Å². The molecule has 0 rings (SSSR count). The van der Waals surface area contributed by atoms with Gasteiger partial charge in [0.2, 0.25) is 0 Å². The Labute approximate surface area is 46.3 Å². The van der Waals surface area contributed by atoms with Gasteiger partial charge in [-0.15, -0.1) is 0 Å². The molecule has 0 aliphatic carbocycles. The molecule has 0 saturated heterocycles. The quantitative estimate of drug-likeness (QED) is 0.268. The van der Waals surface area contributed by atoms with E-state index in [9.17, 15) is 4.79 Å². The van der Waals surface area contributed by atoms with Gasteiger partial charge in [0.25, 0.3) is 5.78 Å². The molecule has 0 aromatic rings. The van der Waals surface area contributed by atoms with E-state index in [-0.39, 0.29) is 6.29 Å². The van der Waals surface area contributed by atoms with E-state index in [1.54, 1.807) is 0 Å². The minimum Gasteiger partial charge on any atom is -0.297 e. The summed E-state index contributed by atoms with van der Waals surface area (Å²) in [6, 6.07) is 0. The van der Waals surface area contributed by atoms with Crippen molar-refractivity contribution in [3.8, 4) is 0 Å². The molecular formula is C2H7NO4P+. The Morgan fingerprint density at radius 1 is 1.50 bits per heavy atom. The first-order valence-electron chi connectivity index (χ1n) is 1.76. The van der Waals surface area contributed by atoms with Gasteiger partial charge in [-0.3, -0.25) is 10.5 Å². The van der Waals surface area contributed by atoms with Gasteiger partial charge in [0.05, 0.1) is 0 Å². The van der Waals surface area contributed by atoms with Gasteiger partial charge in [0.1, 0.15) is 0 Å². The fourth-order valence-electron chi connectivity index (χ4n) is 0.0816. The molecule has 0 aromatic carbocycles. The Morgan fingerprint density at radius 2 is 1.88 bits per heavy atom. The molecule has 0 bridgehead atoms. The van der Waals surface area contributed by atoms with Crippen LogP contribution < -0.4 is 5.73 Å². The van der Waals surface area contributed by atoms with Crippen LogP contribution in [0.1, 0.15) is 0 Å². The molecule has 1 atom stereocenters. The first-order valence-corrected chi connectivity index (χ1v) is 3.48. The maximum atomic E-state index is 9.57. The summed E-state index contributed by atoms with van der Waals surface area (Å²) >= 11 is 0. The maximum Gasteiger partial charge on any atom is 0.429 e. The van der Waals surface area contributed by atoms with Crippen molar-refractivity contribution in [1.82, 2.24) is 0 Å². The van der Waals surface area contributed by atoms with Crippen molar-refractivity contribution in [2.75, 3.05) is 0 Å². The van der Waals surface area contributed by atoms with E-state index in [0.717, 1.165) is 0 Å². The number of carbonyl (C=O) groups is 1. The number of rotatable bonds is 2. The highest BCUT2D eigenvalue weighted by Gasteiger charge is 2.39. The Balaban J connectivity index is 3.80. The van der Waals surface area contributed by atoms with Crippen LogP contribution in [0.5, 0.6) is 0 Å². The van der Waals surface area contributed by atoms with Gasteiger partial charge in [0.15, 0.2) is 6.29 Å². The fourth-order valence-corrected chi connectivity index (χ4v) is 0.245. The van der Waals surface area contributed by atoms with Crippen molar-refractivity contribution in [3.05, 3.63) is 0 Å². The smallest absolute Gasteiger partial charge is 0.297 e. The lowest BCUT2D eigenvalue weighted by Crippen LogP contribution is -2.24. The second-order valence-corrected chi connectivity index (χ2v) is 3.07. The Hall–Kier alpha value is -0.0600. The van der Waals surface area contributed by atoms with E-state index in [2.05, 4.69) is 5.73 Å². The van der Waals surface area contributed by atoms with Crippen LogP contribution in [0.25, 0.3) is 0 Å². The third-order valence-electron chi connectivity index (χ3n) is 0.539. The first-order chi connectivity index (χ1) is 3.48. The van der Waals surface area contributed by atoms with Crippen LogP contribution in [0.2, 0.25) is 0 Å². The fraction of sp³-hybridized carbons (Fsp3) is 0.500. The number of hydrogen-bond acceptors (Lipinski definition) is 5. The van der Waals surface area contributed by atoms with Gasteiger partial charge in [-0.1, -0.05) is 0 Å². The van der Waals surface area contributed by atoms with Gasteiger partial charge in [-0.25, -0.2) is 0 Å².